The molecule has 1 aliphatic rings. The number of guanidine groups is 1. The third kappa shape index (κ3) is 5.31. The highest BCUT2D eigenvalue weighted by Crippen LogP contribution is 2.15. The zero-order chi connectivity index (χ0) is 18.9. The molecule has 0 saturated heterocycles. The molecular weight excluding hydrogens is 336 g/mol. The summed E-state index contributed by atoms with van der Waals surface area (Å²) >= 11 is 0. The summed E-state index contributed by atoms with van der Waals surface area (Å²) in [5, 5.41) is 15.6. The predicted octanol–water partition coefficient (Wildman–Crippen LogP) is 2.86. The Hall–Kier alpha value is -2.37. The van der Waals surface area contributed by atoms with Gasteiger partial charge in [0.25, 0.3) is 0 Å². The highest BCUT2D eigenvalue weighted by Gasteiger charge is 2.14. The predicted molar refractivity (Wildman–Crippen MR) is 110 cm³/mol. The number of aryl methyl sites for hydroxylation is 3. The van der Waals surface area contributed by atoms with Gasteiger partial charge in [-0.15, -0.1) is 10.2 Å². The van der Waals surface area contributed by atoms with Gasteiger partial charge in [-0.1, -0.05) is 37.6 Å². The normalized spacial score (nSPS) is 14.5. The topological polar surface area (TPSA) is 67.1 Å². The number of rotatable bonds is 7. The van der Waals surface area contributed by atoms with Gasteiger partial charge in [-0.25, -0.2) is 0 Å². The SMILES string of the molecule is CCc1ccccc1CNC(=NC)NCCCc1nnc2n1CCCCC2. The van der Waals surface area contributed by atoms with E-state index in [0.29, 0.717) is 0 Å². The molecule has 1 aromatic carbocycles. The van der Waals surface area contributed by atoms with Crippen LogP contribution in [-0.2, 0) is 32.4 Å². The van der Waals surface area contributed by atoms with E-state index in [-0.39, 0.29) is 0 Å². The van der Waals surface area contributed by atoms with Gasteiger partial charge in [0.05, 0.1) is 0 Å². The van der Waals surface area contributed by atoms with E-state index in [9.17, 15) is 0 Å². The van der Waals surface area contributed by atoms with E-state index in [4.69, 9.17) is 0 Å². The number of hydrogen-bond acceptors (Lipinski definition) is 3. The Morgan fingerprint density at radius 1 is 1.11 bits per heavy atom. The van der Waals surface area contributed by atoms with Crippen LogP contribution in [0.3, 0.4) is 0 Å². The minimum absolute atomic E-state index is 0.793. The van der Waals surface area contributed by atoms with Crippen LogP contribution in [0.5, 0.6) is 0 Å². The van der Waals surface area contributed by atoms with Crippen LogP contribution in [-0.4, -0.2) is 34.3 Å². The minimum Gasteiger partial charge on any atom is -0.356 e. The molecule has 0 bridgehead atoms. The lowest BCUT2D eigenvalue weighted by molar-refractivity contribution is 0.594. The van der Waals surface area contributed by atoms with Crippen molar-refractivity contribution < 1.29 is 0 Å². The summed E-state index contributed by atoms with van der Waals surface area (Å²) in [6.07, 6.45) is 7.87. The van der Waals surface area contributed by atoms with Gasteiger partial charge in [-0.3, -0.25) is 4.99 Å². The number of hydrogen-bond donors (Lipinski definition) is 2. The molecule has 0 fully saturated rings. The Balaban J connectivity index is 1.43. The summed E-state index contributed by atoms with van der Waals surface area (Å²) in [7, 11) is 1.82. The highest BCUT2D eigenvalue weighted by atomic mass is 15.3. The van der Waals surface area contributed by atoms with Crippen LogP contribution in [0.2, 0.25) is 0 Å². The van der Waals surface area contributed by atoms with Crippen molar-refractivity contribution in [3.05, 3.63) is 47.0 Å². The third-order valence-electron chi connectivity index (χ3n) is 5.22. The quantitative estimate of drug-likeness (QED) is 0.448. The van der Waals surface area contributed by atoms with E-state index in [1.54, 1.807) is 0 Å². The number of aromatic nitrogens is 3. The van der Waals surface area contributed by atoms with Crippen LogP contribution < -0.4 is 10.6 Å². The summed E-state index contributed by atoms with van der Waals surface area (Å²) in [6, 6.07) is 8.55. The Morgan fingerprint density at radius 2 is 1.96 bits per heavy atom. The maximum atomic E-state index is 4.41. The Labute approximate surface area is 162 Å². The number of aliphatic imine (C=N–C) groups is 1. The summed E-state index contributed by atoms with van der Waals surface area (Å²) in [4.78, 5) is 4.34. The van der Waals surface area contributed by atoms with Gasteiger partial charge < -0.3 is 15.2 Å². The van der Waals surface area contributed by atoms with Gasteiger partial charge in [0, 0.05) is 39.5 Å². The van der Waals surface area contributed by atoms with Crippen molar-refractivity contribution in [2.75, 3.05) is 13.6 Å². The molecule has 2 heterocycles. The number of nitrogens with zero attached hydrogens (tertiary/aromatic N) is 4. The molecule has 3 rings (SSSR count). The fraction of sp³-hybridized carbons (Fsp3) is 0.571. The molecule has 0 spiro atoms. The van der Waals surface area contributed by atoms with Crippen molar-refractivity contribution in [3.8, 4) is 0 Å². The summed E-state index contributed by atoms with van der Waals surface area (Å²) in [6.45, 7) is 4.93. The molecule has 0 saturated carbocycles. The van der Waals surface area contributed by atoms with E-state index in [1.165, 1.54) is 36.2 Å². The lowest BCUT2D eigenvalue weighted by Crippen LogP contribution is -2.37. The maximum Gasteiger partial charge on any atom is 0.191 e. The molecular formula is C21H32N6. The first kappa shape index (κ1) is 19.4. The fourth-order valence-corrected chi connectivity index (χ4v) is 3.66. The smallest absolute Gasteiger partial charge is 0.191 e. The maximum absolute atomic E-state index is 4.41. The fourth-order valence-electron chi connectivity index (χ4n) is 3.66. The van der Waals surface area contributed by atoms with Crippen molar-refractivity contribution >= 4 is 5.96 Å². The molecule has 6 nitrogen and oxygen atoms in total. The zero-order valence-electron chi connectivity index (χ0n) is 16.7. The summed E-state index contributed by atoms with van der Waals surface area (Å²) < 4.78 is 2.34. The van der Waals surface area contributed by atoms with Crippen LogP contribution in [0.25, 0.3) is 0 Å². The van der Waals surface area contributed by atoms with Gasteiger partial charge in [0.1, 0.15) is 11.6 Å². The first-order chi connectivity index (χ1) is 13.3. The number of nitrogens with one attached hydrogen (secondary N) is 2. The second kappa shape index (κ2) is 10.1. The van der Waals surface area contributed by atoms with Gasteiger partial charge in [0.15, 0.2) is 5.96 Å². The van der Waals surface area contributed by atoms with E-state index in [1.807, 2.05) is 7.05 Å². The monoisotopic (exact) mass is 368 g/mol. The van der Waals surface area contributed by atoms with Gasteiger partial charge in [0.2, 0.25) is 0 Å². The molecule has 1 aliphatic heterocycles. The molecule has 146 valence electrons. The van der Waals surface area contributed by atoms with E-state index in [0.717, 1.165) is 57.1 Å². The standard InChI is InChI=1S/C21H32N6/c1-3-17-10-6-7-11-18(17)16-24-21(22-2)23-14-9-13-20-26-25-19-12-5-4-8-15-27(19)20/h6-7,10-11H,3-5,8-9,12-16H2,1-2H3,(H2,22,23,24). The van der Waals surface area contributed by atoms with Crippen LogP contribution >= 0.6 is 0 Å². The molecule has 0 unspecified atom stereocenters. The van der Waals surface area contributed by atoms with Crippen molar-refractivity contribution in [1.82, 2.24) is 25.4 Å². The van der Waals surface area contributed by atoms with Crippen LogP contribution in [0.15, 0.2) is 29.3 Å². The lowest BCUT2D eigenvalue weighted by atomic mass is 10.1. The van der Waals surface area contributed by atoms with E-state index >= 15 is 0 Å². The number of fused-ring (bicyclic) bond motifs is 1. The third-order valence-corrected chi connectivity index (χ3v) is 5.22. The molecule has 2 N–H and O–H groups in total. The molecule has 27 heavy (non-hydrogen) atoms. The second-order valence-corrected chi connectivity index (χ2v) is 7.07. The number of benzene rings is 1. The average Bonchev–Trinajstić information content (AvgIpc) is 2.93. The zero-order valence-corrected chi connectivity index (χ0v) is 16.7. The van der Waals surface area contributed by atoms with Crippen molar-refractivity contribution in [2.24, 2.45) is 4.99 Å². The van der Waals surface area contributed by atoms with Crippen molar-refractivity contribution in [1.29, 1.82) is 0 Å². The molecule has 1 aromatic heterocycles. The summed E-state index contributed by atoms with van der Waals surface area (Å²) in [5.41, 5.74) is 2.71. The van der Waals surface area contributed by atoms with Gasteiger partial charge in [-0.2, -0.15) is 0 Å². The van der Waals surface area contributed by atoms with E-state index < -0.39 is 0 Å². The minimum atomic E-state index is 0.793. The molecule has 0 radical (unpaired) electrons. The molecule has 6 heteroatoms. The van der Waals surface area contributed by atoms with Crippen LogP contribution in [0, 0.1) is 0 Å². The largest absolute Gasteiger partial charge is 0.356 e. The Morgan fingerprint density at radius 3 is 2.78 bits per heavy atom. The van der Waals surface area contributed by atoms with Gasteiger partial charge in [-0.05, 0) is 36.8 Å². The highest BCUT2D eigenvalue weighted by molar-refractivity contribution is 5.79. The molecule has 2 aromatic rings. The first-order valence-corrected chi connectivity index (χ1v) is 10.2. The summed E-state index contributed by atoms with van der Waals surface area (Å²) in [5.74, 6) is 3.15. The van der Waals surface area contributed by atoms with Crippen LogP contribution in [0.1, 0.15) is 55.4 Å². The second-order valence-electron chi connectivity index (χ2n) is 7.07. The van der Waals surface area contributed by atoms with E-state index in [2.05, 4.69) is 61.6 Å². The molecule has 0 amide bonds. The molecule has 0 aliphatic carbocycles. The Kier molecular flexibility index (Phi) is 7.25. The average molecular weight is 369 g/mol. The first-order valence-electron chi connectivity index (χ1n) is 10.2. The molecule has 0 atom stereocenters. The van der Waals surface area contributed by atoms with Crippen LogP contribution in [0.4, 0.5) is 0 Å². The van der Waals surface area contributed by atoms with Gasteiger partial charge >= 0.3 is 0 Å². The lowest BCUT2D eigenvalue weighted by Gasteiger charge is -2.14. The van der Waals surface area contributed by atoms with Crippen molar-refractivity contribution in [2.45, 2.75) is 65.0 Å². The Bertz CT molecular complexity index is 749. The van der Waals surface area contributed by atoms with Crippen molar-refractivity contribution in [3.63, 3.8) is 0 Å².